The zero-order valence-electron chi connectivity index (χ0n) is 9.53. The van der Waals surface area contributed by atoms with Crippen LogP contribution in [0.15, 0.2) is 0 Å². The van der Waals surface area contributed by atoms with Crippen molar-refractivity contribution >= 4 is 11.9 Å². The number of aliphatic hydroxyl groups is 1. The summed E-state index contributed by atoms with van der Waals surface area (Å²) in [6.45, 7) is 1.30. The Morgan fingerprint density at radius 3 is 2.13 bits per heavy atom. The standard InChI is InChI=1S/C9H18N2O4/c1-7(12)10-9(15,5-8(13)14)6-11(2,3)4/h15H,5-6H2,1-4H3,(H-,10,12,13,14)/t9-/m1/s1. The first-order valence-corrected chi connectivity index (χ1v) is 4.55. The number of likely N-dealkylation sites (N-methyl/N-ethyl adjacent to an activating group) is 1. The molecule has 2 N–H and O–H groups in total. The first-order chi connectivity index (χ1) is 6.54. The molecule has 6 nitrogen and oxygen atoms in total. The third kappa shape index (κ3) is 6.87. The quantitative estimate of drug-likeness (QED) is 0.399. The van der Waals surface area contributed by atoms with Gasteiger partial charge in [0.25, 0.3) is 0 Å². The average Bonchev–Trinajstić information content (AvgIpc) is 1.73. The van der Waals surface area contributed by atoms with E-state index in [0.29, 0.717) is 4.48 Å². The molecule has 0 aromatic heterocycles. The molecule has 1 atom stereocenters. The molecule has 0 aliphatic heterocycles. The van der Waals surface area contributed by atoms with E-state index in [-0.39, 0.29) is 6.54 Å². The minimum atomic E-state index is -1.76. The Morgan fingerprint density at radius 1 is 1.40 bits per heavy atom. The van der Waals surface area contributed by atoms with Gasteiger partial charge in [-0.15, -0.1) is 0 Å². The van der Waals surface area contributed by atoms with E-state index in [9.17, 15) is 19.8 Å². The van der Waals surface area contributed by atoms with Crippen LogP contribution in [0.25, 0.3) is 0 Å². The number of nitrogens with zero attached hydrogens (tertiary/aromatic N) is 1. The highest BCUT2D eigenvalue weighted by Gasteiger charge is 2.34. The van der Waals surface area contributed by atoms with Crippen LogP contribution in [-0.2, 0) is 9.59 Å². The second-order valence-corrected chi connectivity index (χ2v) is 4.71. The second kappa shape index (κ2) is 4.59. The van der Waals surface area contributed by atoms with Crippen molar-refractivity contribution in [3.63, 3.8) is 0 Å². The van der Waals surface area contributed by atoms with Crippen molar-refractivity contribution in [3.8, 4) is 0 Å². The van der Waals surface area contributed by atoms with Crippen LogP contribution in [0.4, 0.5) is 0 Å². The molecule has 1 amide bonds. The molecular weight excluding hydrogens is 200 g/mol. The van der Waals surface area contributed by atoms with Gasteiger partial charge in [0, 0.05) is 19.3 Å². The number of carbonyl (C=O) groups is 2. The van der Waals surface area contributed by atoms with E-state index in [1.807, 2.05) is 0 Å². The Morgan fingerprint density at radius 2 is 1.87 bits per heavy atom. The van der Waals surface area contributed by atoms with Gasteiger partial charge in [0.1, 0.15) is 6.54 Å². The van der Waals surface area contributed by atoms with Gasteiger partial charge in [0.15, 0.2) is 5.72 Å². The number of rotatable bonds is 5. The molecule has 0 aromatic rings. The fourth-order valence-electron chi connectivity index (χ4n) is 1.49. The molecule has 0 aromatic carbocycles. The molecule has 0 radical (unpaired) electrons. The monoisotopic (exact) mass is 218 g/mol. The minimum Gasteiger partial charge on any atom is -0.550 e. The van der Waals surface area contributed by atoms with E-state index in [2.05, 4.69) is 5.32 Å². The molecule has 6 heteroatoms. The Bertz CT molecular complexity index is 241. The van der Waals surface area contributed by atoms with Gasteiger partial charge in [-0.3, -0.25) is 4.79 Å². The van der Waals surface area contributed by atoms with Crippen LogP contribution in [0.1, 0.15) is 13.3 Å². The molecule has 88 valence electrons. The van der Waals surface area contributed by atoms with Crippen LogP contribution in [0, 0.1) is 0 Å². The van der Waals surface area contributed by atoms with E-state index in [4.69, 9.17) is 0 Å². The van der Waals surface area contributed by atoms with Crippen molar-refractivity contribution in [1.82, 2.24) is 5.32 Å². The predicted octanol–water partition coefficient (Wildman–Crippen LogP) is -2.34. The zero-order valence-corrected chi connectivity index (χ0v) is 9.53. The van der Waals surface area contributed by atoms with Crippen molar-refractivity contribution in [2.24, 2.45) is 0 Å². The highest BCUT2D eigenvalue weighted by atomic mass is 16.4. The number of hydrogen-bond donors (Lipinski definition) is 2. The Hall–Kier alpha value is -1.14. The maximum Gasteiger partial charge on any atom is 0.219 e. The molecule has 0 fully saturated rings. The van der Waals surface area contributed by atoms with Crippen molar-refractivity contribution in [2.75, 3.05) is 27.7 Å². The lowest BCUT2D eigenvalue weighted by atomic mass is 10.1. The lowest BCUT2D eigenvalue weighted by molar-refractivity contribution is -0.877. The number of amides is 1. The van der Waals surface area contributed by atoms with Gasteiger partial charge >= 0.3 is 0 Å². The number of quaternary nitrogens is 1. The Kier molecular flexibility index (Phi) is 4.24. The molecule has 0 aliphatic rings. The summed E-state index contributed by atoms with van der Waals surface area (Å²) in [5.74, 6) is -1.88. The van der Waals surface area contributed by atoms with Crippen molar-refractivity contribution < 1.29 is 24.3 Å². The molecule has 0 saturated carbocycles. The highest BCUT2D eigenvalue weighted by Crippen LogP contribution is 2.10. The van der Waals surface area contributed by atoms with Gasteiger partial charge in [0.05, 0.1) is 21.1 Å². The fraction of sp³-hybridized carbons (Fsp3) is 0.778. The fourth-order valence-corrected chi connectivity index (χ4v) is 1.49. The maximum absolute atomic E-state index is 10.8. The van der Waals surface area contributed by atoms with Crippen molar-refractivity contribution in [1.29, 1.82) is 0 Å². The molecular formula is C9H18N2O4. The molecule has 15 heavy (non-hydrogen) atoms. The molecule has 0 bridgehead atoms. The number of hydrogen-bond acceptors (Lipinski definition) is 4. The van der Waals surface area contributed by atoms with Crippen LogP contribution in [-0.4, -0.2) is 54.9 Å². The summed E-state index contributed by atoms with van der Waals surface area (Å²) >= 11 is 0. The van der Waals surface area contributed by atoms with E-state index in [0.717, 1.165) is 0 Å². The van der Waals surface area contributed by atoms with Crippen molar-refractivity contribution in [2.45, 2.75) is 19.1 Å². The summed E-state index contributed by atoms with van der Waals surface area (Å²) in [5.41, 5.74) is -1.76. The molecule has 0 heterocycles. The number of carboxylic acids is 1. The van der Waals surface area contributed by atoms with E-state index < -0.39 is 24.0 Å². The zero-order chi connectivity index (χ0) is 12.3. The second-order valence-electron chi connectivity index (χ2n) is 4.71. The lowest BCUT2D eigenvalue weighted by Gasteiger charge is -2.36. The minimum absolute atomic E-state index is 0.0839. The van der Waals surface area contributed by atoms with Gasteiger partial charge < -0.3 is 24.8 Å². The summed E-state index contributed by atoms with van der Waals surface area (Å²) in [5, 5.41) is 22.6. The highest BCUT2D eigenvalue weighted by molar-refractivity contribution is 5.75. The third-order valence-electron chi connectivity index (χ3n) is 1.58. The summed E-state index contributed by atoms with van der Waals surface area (Å²) in [7, 11) is 5.34. The van der Waals surface area contributed by atoms with Crippen molar-refractivity contribution in [3.05, 3.63) is 0 Å². The largest absolute Gasteiger partial charge is 0.550 e. The summed E-state index contributed by atoms with van der Waals surface area (Å²) in [6.07, 6.45) is -0.623. The first-order valence-electron chi connectivity index (χ1n) is 4.55. The normalized spacial score (nSPS) is 15.5. The first kappa shape index (κ1) is 13.9. The molecule has 0 spiro atoms. The Labute approximate surface area is 89.1 Å². The Balaban J connectivity index is 4.69. The van der Waals surface area contributed by atoms with Gasteiger partial charge in [-0.05, 0) is 0 Å². The van der Waals surface area contributed by atoms with Gasteiger partial charge in [-0.25, -0.2) is 0 Å². The maximum atomic E-state index is 10.8. The number of carbonyl (C=O) groups excluding carboxylic acids is 2. The topological polar surface area (TPSA) is 89.5 Å². The van der Waals surface area contributed by atoms with Crippen LogP contribution in [0.2, 0.25) is 0 Å². The lowest BCUT2D eigenvalue weighted by Crippen LogP contribution is -2.60. The summed E-state index contributed by atoms with van der Waals surface area (Å²) in [4.78, 5) is 21.3. The SMILES string of the molecule is CC(=O)N[C@@](O)(CC(=O)[O-])C[N+](C)(C)C. The van der Waals surface area contributed by atoms with Gasteiger partial charge in [0.2, 0.25) is 5.91 Å². The summed E-state index contributed by atoms with van der Waals surface area (Å²) < 4.78 is 0.323. The van der Waals surface area contributed by atoms with E-state index in [1.165, 1.54) is 6.92 Å². The number of aliphatic carboxylic acids is 1. The molecule has 0 rings (SSSR count). The predicted molar refractivity (Wildman–Crippen MR) is 51.3 cm³/mol. The van der Waals surface area contributed by atoms with Crippen LogP contribution in [0.3, 0.4) is 0 Å². The van der Waals surface area contributed by atoms with E-state index >= 15 is 0 Å². The van der Waals surface area contributed by atoms with Crippen LogP contribution >= 0.6 is 0 Å². The molecule has 0 aliphatic carbocycles. The molecule has 0 unspecified atom stereocenters. The number of nitrogens with one attached hydrogen (secondary N) is 1. The van der Waals surface area contributed by atoms with E-state index in [1.54, 1.807) is 21.1 Å². The van der Waals surface area contributed by atoms with Gasteiger partial charge in [-0.2, -0.15) is 0 Å². The van der Waals surface area contributed by atoms with Crippen LogP contribution < -0.4 is 10.4 Å². The van der Waals surface area contributed by atoms with Crippen LogP contribution in [0.5, 0.6) is 0 Å². The summed E-state index contributed by atoms with van der Waals surface area (Å²) in [6, 6.07) is 0. The smallest absolute Gasteiger partial charge is 0.219 e. The molecule has 0 saturated heterocycles. The third-order valence-corrected chi connectivity index (χ3v) is 1.58. The van der Waals surface area contributed by atoms with Gasteiger partial charge in [-0.1, -0.05) is 0 Å². The average molecular weight is 218 g/mol. The number of carboxylic acid groups (broad SMARTS) is 1.